The molecule has 156 valence electrons. The first-order valence-corrected chi connectivity index (χ1v) is 11.0. The SMILES string of the molecule is CC(C(=O)NCCC1=CCCCC1)N1CCN(Cc2cn3ccccc3n2)CC1. The zero-order chi connectivity index (χ0) is 20.1. The van der Waals surface area contributed by atoms with E-state index in [2.05, 4.69) is 31.8 Å². The lowest BCUT2D eigenvalue weighted by Crippen LogP contribution is -2.53. The summed E-state index contributed by atoms with van der Waals surface area (Å²) in [5.74, 6) is 0.162. The Bertz CT molecular complexity index is 817. The first-order chi connectivity index (χ1) is 14.2. The monoisotopic (exact) mass is 395 g/mol. The van der Waals surface area contributed by atoms with E-state index >= 15 is 0 Å². The second kappa shape index (κ2) is 9.55. The highest BCUT2D eigenvalue weighted by atomic mass is 16.2. The summed E-state index contributed by atoms with van der Waals surface area (Å²) in [7, 11) is 0. The van der Waals surface area contributed by atoms with Gasteiger partial charge in [-0.1, -0.05) is 17.7 Å². The minimum absolute atomic E-state index is 0.0623. The van der Waals surface area contributed by atoms with Gasteiger partial charge in [0.2, 0.25) is 5.91 Å². The highest BCUT2D eigenvalue weighted by molar-refractivity contribution is 5.81. The van der Waals surface area contributed by atoms with Gasteiger partial charge in [-0.15, -0.1) is 0 Å². The third-order valence-electron chi connectivity index (χ3n) is 6.26. The number of nitrogens with zero attached hydrogens (tertiary/aromatic N) is 4. The third-order valence-corrected chi connectivity index (χ3v) is 6.26. The molecule has 6 heteroatoms. The van der Waals surface area contributed by atoms with Crippen LogP contribution in [0, 0.1) is 0 Å². The van der Waals surface area contributed by atoms with Gasteiger partial charge in [0.15, 0.2) is 0 Å². The number of nitrogens with one attached hydrogen (secondary N) is 1. The first-order valence-electron chi connectivity index (χ1n) is 11.0. The van der Waals surface area contributed by atoms with Crippen molar-refractivity contribution in [2.45, 2.75) is 51.6 Å². The number of carbonyl (C=O) groups is 1. The summed E-state index contributed by atoms with van der Waals surface area (Å²) < 4.78 is 2.07. The van der Waals surface area contributed by atoms with E-state index < -0.39 is 0 Å². The van der Waals surface area contributed by atoms with Crippen molar-refractivity contribution in [3.05, 3.63) is 47.9 Å². The molecule has 0 bridgehead atoms. The highest BCUT2D eigenvalue weighted by Gasteiger charge is 2.25. The third kappa shape index (κ3) is 5.25. The van der Waals surface area contributed by atoms with Crippen LogP contribution < -0.4 is 5.32 Å². The molecule has 6 nitrogen and oxygen atoms in total. The van der Waals surface area contributed by atoms with Crippen molar-refractivity contribution >= 4 is 11.6 Å². The fourth-order valence-corrected chi connectivity index (χ4v) is 4.39. The van der Waals surface area contributed by atoms with Gasteiger partial charge in [0, 0.05) is 51.7 Å². The summed E-state index contributed by atoms with van der Waals surface area (Å²) in [4.78, 5) is 22.0. The average molecular weight is 396 g/mol. The Hall–Kier alpha value is -2.18. The fourth-order valence-electron chi connectivity index (χ4n) is 4.39. The number of imidazole rings is 1. The van der Waals surface area contributed by atoms with Crippen LogP contribution in [0.5, 0.6) is 0 Å². The average Bonchev–Trinajstić information content (AvgIpc) is 3.17. The second-order valence-electron chi connectivity index (χ2n) is 8.34. The van der Waals surface area contributed by atoms with Crippen LogP contribution in [0.2, 0.25) is 0 Å². The lowest BCUT2D eigenvalue weighted by Gasteiger charge is -2.37. The maximum Gasteiger partial charge on any atom is 0.237 e. The molecule has 1 unspecified atom stereocenters. The lowest BCUT2D eigenvalue weighted by molar-refractivity contribution is -0.126. The molecule has 1 aliphatic heterocycles. The number of amides is 1. The van der Waals surface area contributed by atoms with Crippen molar-refractivity contribution in [1.82, 2.24) is 24.5 Å². The van der Waals surface area contributed by atoms with Crippen LogP contribution in [-0.2, 0) is 11.3 Å². The number of rotatable bonds is 7. The molecular weight excluding hydrogens is 362 g/mol. The molecule has 3 heterocycles. The Morgan fingerprint density at radius 3 is 2.83 bits per heavy atom. The molecule has 0 aromatic carbocycles. The summed E-state index contributed by atoms with van der Waals surface area (Å²) in [5, 5.41) is 3.15. The van der Waals surface area contributed by atoms with Gasteiger partial charge >= 0.3 is 0 Å². The lowest BCUT2D eigenvalue weighted by atomic mass is 9.97. The van der Waals surface area contributed by atoms with E-state index in [-0.39, 0.29) is 11.9 Å². The van der Waals surface area contributed by atoms with Crippen LogP contribution in [0.1, 0.15) is 44.7 Å². The second-order valence-corrected chi connectivity index (χ2v) is 8.34. The Labute approximate surface area is 173 Å². The minimum atomic E-state index is -0.0623. The predicted octanol–water partition coefficient (Wildman–Crippen LogP) is 2.85. The zero-order valence-corrected chi connectivity index (χ0v) is 17.5. The van der Waals surface area contributed by atoms with Crippen LogP contribution in [-0.4, -0.2) is 63.9 Å². The number of hydrogen-bond donors (Lipinski definition) is 1. The molecule has 2 aromatic heterocycles. The van der Waals surface area contributed by atoms with Gasteiger partial charge in [-0.3, -0.25) is 14.6 Å². The van der Waals surface area contributed by atoms with Gasteiger partial charge in [-0.25, -0.2) is 4.98 Å². The molecule has 1 amide bonds. The van der Waals surface area contributed by atoms with Crippen LogP contribution in [0.15, 0.2) is 42.2 Å². The number of piperazine rings is 1. The predicted molar refractivity (Wildman–Crippen MR) is 116 cm³/mol. The van der Waals surface area contributed by atoms with Crippen molar-refractivity contribution < 1.29 is 4.79 Å². The van der Waals surface area contributed by atoms with E-state index in [4.69, 9.17) is 4.98 Å². The summed E-state index contributed by atoms with van der Waals surface area (Å²) >= 11 is 0. The Morgan fingerprint density at radius 2 is 2.07 bits per heavy atom. The van der Waals surface area contributed by atoms with Crippen molar-refractivity contribution in [3.8, 4) is 0 Å². The topological polar surface area (TPSA) is 52.9 Å². The Morgan fingerprint density at radius 1 is 1.21 bits per heavy atom. The molecule has 1 fully saturated rings. The minimum Gasteiger partial charge on any atom is -0.354 e. The van der Waals surface area contributed by atoms with Gasteiger partial charge < -0.3 is 9.72 Å². The quantitative estimate of drug-likeness (QED) is 0.733. The molecule has 2 aromatic rings. The van der Waals surface area contributed by atoms with Gasteiger partial charge in [0.05, 0.1) is 11.7 Å². The van der Waals surface area contributed by atoms with Crippen molar-refractivity contribution in [2.24, 2.45) is 0 Å². The molecule has 0 radical (unpaired) electrons. The molecule has 2 aliphatic rings. The van der Waals surface area contributed by atoms with E-state index in [1.807, 2.05) is 31.3 Å². The first kappa shape index (κ1) is 20.1. The van der Waals surface area contributed by atoms with Crippen LogP contribution in [0.4, 0.5) is 0 Å². The van der Waals surface area contributed by atoms with Crippen LogP contribution in [0.25, 0.3) is 5.65 Å². The summed E-state index contributed by atoms with van der Waals surface area (Å²) in [5.41, 5.74) is 3.62. The molecule has 1 aliphatic carbocycles. The molecule has 29 heavy (non-hydrogen) atoms. The summed E-state index contributed by atoms with van der Waals surface area (Å²) in [6.45, 7) is 7.46. The van der Waals surface area contributed by atoms with E-state index in [0.717, 1.165) is 57.0 Å². The van der Waals surface area contributed by atoms with Crippen LogP contribution in [0.3, 0.4) is 0 Å². The van der Waals surface area contributed by atoms with E-state index in [1.54, 1.807) is 0 Å². The molecule has 1 saturated heterocycles. The Kier molecular flexibility index (Phi) is 6.62. The van der Waals surface area contributed by atoms with Gasteiger partial charge in [-0.2, -0.15) is 0 Å². The molecule has 1 N–H and O–H groups in total. The molecule has 0 saturated carbocycles. The standard InChI is InChI=1S/C23H33N5O/c1-19(23(29)24-11-10-20-7-3-2-4-8-20)27-15-13-26(14-16-27)17-21-18-28-12-6-5-9-22(28)25-21/h5-7,9,12,18-19H,2-4,8,10-11,13-17H2,1H3,(H,24,29). The normalized spacial score (nSPS) is 19.8. The Balaban J connectivity index is 1.20. The van der Waals surface area contributed by atoms with Crippen molar-refractivity contribution in [1.29, 1.82) is 0 Å². The zero-order valence-electron chi connectivity index (χ0n) is 17.5. The van der Waals surface area contributed by atoms with E-state index in [0.29, 0.717) is 0 Å². The summed E-state index contributed by atoms with van der Waals surface area (Å²) in [6.07, 6.45) is 12.5. The van der Waals surface area contributed by atoms with Crippen molar-refractivity contribution in [3.63, 3.8) is 0 Å². The maximum absolute atomic E-state index is 12.6. The molecule has 1 atom stereocenters. The fraction of sp³-hybridized carbons (Fsp3) is 0.565. The molecule has 4 rings (SSSR count). The number of fused-ring (bicyclic) bond motifs is 1. The molecular formula is C23H33N5O. The van der Waals surface area contributed by atoms with Crippen molar-refractivity contribution in [2.75, 3.05) is 32.7 Å². The van der Waals surface area contributed by atoms with Gasteiger partial charge in [-0.05, 0) is 51.2 Å². The van der Waals surface area contributed by atoms with Crippen LogP contribution >= 0.6 is 0 Å². The number of hydrogen-bond acceptors (Lipinski definition) is 4. The number of pyridine rings is 1. The van der Waals surface area contributed by atoms with E-state index in [1.165, 1.54) is 31.3 Å². The maximum atomic E-state index is 12.6. The molecule has 0 spiro atoms. The van der Waals surface area contributed by atoms with Gasteiger partial charge in [0.25, 0.3) is 0 Å². The van der Waals surface area contributed by atoms with Gasteiger partial charge in [0.1, 0.15) is 5.65 Å². The number of allylic oxidation sites excluding steroid dienone is 1. The number of aromatic nitrogens is 2. The van der Waals surface area contributed by atoms with E-state index in [9.17, 15) is 4.79 Å². The smallest absolute Gasteiger partial charge is 0.237 e. The summed E-state index contributed by atoms with van der Waals surface area (Å²) in [6, 6.07) is 6.01. The number of carbonyl (C=O) groups excluding carboxylic acids is 1. The largest absolute Gasteiger partial charge is 0.354 e. The highest BCUT2D eigenvalue weighted by Crippen LogP contribution is 2.19.